The molecule has 7 heteroatoms. The van der Waals surface area contributed by atoms with Gasteiger partial charge in [-0.2, -0.15) is 0 Å². The van der Waals surface area contributed by atoms with Gasteiger partial charge in [-0.1, -0.05) is 13.8 Å². The molecule has 7 nitrogen and oxygen atoms in total. The van der Waals surface area contributed by atoms with Gasteiger partial charge < -0.3 is 25.1 Å². The van der Waals surface area contributed by atoms with Crippen LogP contribution >= 0.6 is 0 Å². The number of ether oxygens (including phenoxy) is 3. The molecule has 0 spiro atoms. The smallest absolute Gasteiger partial charge is 0.323 e. The first kappa shape index (κ1) is 18.9. The molecule has 2 aliphatic heterocycles. The molecule has 1 aromatic carbocycles. The molecule has 0 aromatic heterocycles. The van der Waals surface area contributed by atoms with E-state index in [0.717, 1.165) is 19.4 Å². The Labute approximate surface area is 136 Å². The molecule has 0 bridgehead atoms. The van der Waals surface area contributed by atoms with Crippen LogP contribution in [0.3, 0.4) is 0 Å². The van der Waals surface area contributed by atoms with Gasteiger partial charge in [-0.05, 0) is 26.4 Å². The summed E-state index contributed by atoms with van der Waals surface area (Å²) in [7, 11) is 3.39. The lowest BCUT2D eigenvalue weighted by atomic mass is 10.2. The molecule has 1 unspecified atom stereocenters. The van der Waals surface area contributed by atoms with Crippen LogP contribution in [0.25, 0.3) is 0 Å². The summed E-state index contributed by atoms with van der Waals surface area (Å²) in [5, 5.41) is 9.12. The highest BCUT2D eigenvalue weighted by Gasteiger charge is 2.28. The molecule has 0 amide bonds. The normalized spacial score (nSPS) is 18.3. The Morgan fingerprint density at radius 3 is 2.48 bits per heavy atom. The number of nitrogens with two attached hydrogens (primary N) is 1. The molecule has 0 saturated carbocycles. The lowest BCUT2D eigenvalue weighted by Crippen LogP contribution is -2.33. The van der Waals surface area contributed by atoms with Crippen molar-refractivity contribution in [1.82, 2.24) is 4.90 Å². The average molecular weight is 326 g/mol. The number of likely N-dealkylation sites (tertiary alicyclic amines) is 1. The number of rotatable bonds is 1. The van der Waals surface area contributed by atoms with Crippen molar-refractivity contribution in [2.75, 3.05) is 33.2 Å². The maximum atomic E-state index is 11.0. The maximum absolute atomic E-state index is 11.0. The first-order valence-electron chi connectivity index (χ1n) is 7.69. The molecule has 1 fully saturated rings. The molecule has 1 saturated heterocycles. The Balaban J connectivity index is 0.000000209. The van der Waals surface area contributed by atoms with E-state index < -0.39 is 0 Å². The summed E-state index contributed by atoms with van der Waals surface area (Å²) in [5.41, 5.74) is 5.71. The topological polar surface area (TPSA) is 94.3 Å². The van der Waals surface area contributed by atoms with E-state index in [9.17, 15) is 4.79 Å². The van der Waals surface area contributed by atoms with Crippen LogP contribution in [0.1, 0.15) is 26.7 Å². The largest absolute Gasteiger partial charge is 0.506 e. The third-order valence-electron chi connectivity index (χ3n) is 3.52. The van der Waals surface area contributed by atoms with E-state index in [1.165, 1.54) is 19.2 Å². The molecule has 23 heavy (non-hydrogen) atoms. The van der Waals surface area contributed by atoms with Gasteiger partial charge in [0.15, 0.2) is 11.5 Å². The molecule has 3 N–H and O–H groups in total. The van der Waals surface area contributed by atoms with Crippen LogP contribution in [0.15, 0.2) is 12.1 Å². The van der Waals surface area contributed by atoms with Crippen molar-refractivity contribution < 1.29 is 24.1 Å². The van der Waals surface area contributed by atoms with E-state index in [4.69, 9.17) is 20.3 Å². The van der Waals surface area contributed by atoms with Crippen LogP contribution < -0.4 is 15.2 Å². The third kappa shape index (κ3) is 4.92. The predicted octanol–water partition coefficient (Wildman–Crippen LogP) is 1.98. The maximum Gasteiger partial charge on any atom is 0.323 e. The average Bonchev–Trinajstić information content (AvgIpc) is 3.18. The Morgan fingerprint density at radius 2 is 1.96 bits per heavy atom. The zero-order valence-corrected chi connectivity index (χ0v) is 14.2. The molecule has 130 valence electrons. The van der Waals surface area contributed by atoms with E-state index in [0.29, 0.717) is 17.2 Å². The SMILES string of the molecule is CC.COC(=O)C1CCCN1C.Nc1cc2c(cc1O)OCO2. The van der Waals surface area contributed by atoms with Gasteiger partial charge in [0, 0.05) is 12.1 Å². The highest BCUT2D eigenvalue weighted by Crippen LogP contribution is 2.38. The first-order valence-corrected chi connectivity index (χ1v) is 7.69. The Kier molecular flexibility index (Phi) is 7.47. The van der Waals surface area contributed by atoms with Crippen molar-refractivity contribution in [2.45, 2.75) is 32.7 Å². The molecule has 1 atom stereocenters. The van der Waals surface area contributed by atoms with Crippen molar-refractivity contribution >= 4 is 11.7 Å². The first-order chi connectivity index (χ1) is 11.0. The van der Waals surface area contributed by atoms with E-state index in [2.05, 4.69) is 4.74 Å². The third-order valence-corrected chi connectivity index (χ3v) is 3.52. The summed E-state index contributed by atoms with van der Waals surface area (Å²) in [4.78, 5) is 13.0. The van der Waals surface area contributed by atoms with Gasteiger partial charge in [0.2, 0.25) is 6.79 Å². The number of nitrogen functional groups attached to an aromatic ring is 1. The van der Waals surface area contributed by atoms with Crippen molar-refractivity contribution in [3.63, 3.8) is 0 Å². The number of likely N-dealkylation sites (N-methyl/N-ethyl adjacent to an activating group) is 1. The molecule has 1 aromatic rings. The van der Waals surface area contributed by atoms with Crippen molar-refractivity contribution in [1.29, 1.82) is 0 Å². The second kappa shape index (κ2) is 9.09. The van der Waals surface area contributed by atoms with Gasteiger partial charge in [0.05, 0.1) is 12.8 Å². The minimum absolute atomic E-state index is 0.0185. The zero-order chi connectivity index (χ0) is 17.4. The molecule has 2 heterocycles. The number of carbonyl (C=O) groups is 1. The van der Waals surface area contributed by atoms with E-state index in [-0.39, 0.29) is 24.6 Å². The number of phenolic OH excluding ortho intramolecular Hbond substituents is 1. The van der Waals surface area contributed by atoms with Gasteiger partial charge in [-0.15, -0.1) is 0 Å². The van der Waals surface area contributed by atoms with Crippen molar-refractivity contribution in [3.05, 3.63) is 12.1 Å². The number of anilines is 1. The number of hydrogen-bond acceptors (Lipinski definition) is 7. The molecular weight excluding hydrogens is 300 g/mol. The summed E-state index contributed by atoms with van der Waals surface area (Å²) >= 11 is 0. The van der Waals surface area contributed by atoms with Crippen LogP contribution in [0, 0.1) is 0 Å². The highest BCUT2D eigenvalue weighted by atomic mass is 16.7. The Bertz CT molecular complexity index is 492. The summed E-state index contributed by atoms with van der Waals surface area (Å²) in [6.45, 7) is 5.21. The van der Waals surface area contributed by atoms with E-state index >= 15 is 0 Å². The minimum atomic E-state index is -0.0972. The number of fused-ring (bicyclic) bond motifs is 1. The zero-order valence-electron chi connectivity index (χ0n) is 14.2. The summed E-state index contributed by atoms with van der Waals surface area (Å²) in [6, 6.07) is 3.00. The van der Waals surface area contributed by atoms with Crippen molar-refractivity contribution in [2.24, 2.45) is 0 Å². The fourth-order valence-corrected chi connectivity index (χ4v) is 2.29. The summed E-state index contributed by atoms with van der Waals surface area (Å²) < 4.78 is 14.6. The number of phenols is 1. The summed E-state index contributed by atoms with van der Waals surface area (Å²) in [6.07, 6.45) is 2.06. The standard InChI is InChI=1S/C7H7NO3.C7H13NO2.C2H6/c8-4-1-6-7(2-5(4)9)11-3-10-6;1-8-5-3-4-6(8)7(9)10-2;1-2/h1-2,9H,3,8H2;6H,3-5H2,1-2H3;1-2H3. The fraction of sp³-hybridized carbons (Fsp3) is 0.562. The molecule has 0 radical (unpaired) electrons. The Morgan fingerprint density at radius 1 is 1.35 bits per heavy atom. The number of hydrogen-bond donors (Lipinski definition) is 2. The number of aromatic hydroxyl groups is 1. The van der Waals surface area contributed by atoms with Gasteiger partial charge in [-0.25, -0.2) is 0 Å². The number of nitrogens with zero attached hydrogens (tertiary/aromatic N) is 1. The van der Waals surface area contributed by atoms with Crippen LogP contribution in [0.5, 0.6) is 17.2 Å². The van der Waals surface area contributed by atoms with Gasteiger partial charge in [0.1, 0.15) is 11.8 Å². The molecule has 2 aliphatic rings. The second-order valence-corrected chi connectivity index (χ2v) is 4.93. The van der Waals surface area contributed by atoms with Crippen LogP contribution in [0.2, 0.25) is 0 Å². The van der Waals surface area contributed by atoms with Crippen molar-refractivity contribution in [3.8, 4) is 17.2 Å². The van der Waals surface area contributed by atoms with Gasteiger partial charge in [-0.3, -0.25) is 9.69 Å². The number of carbonyl (C=O) groups excluding carboxylic acids is 1. The number of esters is 1. The summed E-state index contributed by atoms with van der Waals surface area (Å²) in [5.74, 6) is 1.05. The van der Waals surface area contributed by atoms with Gasteiger partial charge in [0.25, 0.3) is 0 Å². The molecule has 0 aliphatic carbocycles. The van der Waals surface area contributed by atoms with Crippen LogP contribution in [0.4, 0.5) is 5.69 Å². The monoisotopic (exact) mass is 326 g/mol. The number of methoxy groups -OCH3 is 1. The lowest BCUT2D eigenvalue weighted by molar-refractivity contribution is -0.145. The minimum Gasteiger partial charge on any atom is -0.506 e. The highest BCUT2D eigenvalue weighted by molar-refractivity contribution is 5.75. The molecule has 3 rings (SSSR count). The van der Waals surface area contributed by atoms with Crippen LogP contribution in [-0.2, 0) is 9.53 Å². The van der Waals surface area contributed by atoms with E-state index in [1.807, 2.05) is 25.8 Å². The second-order valence-electron chi connectivity index (χ2n) is 4.93. The quantitative estimate of drug-likeness (QED) is 0.463. The molecular formula is C16H26N2O5. The lowest BCUT2D eigenvalue weighted by Gasteiger charge is -2.15. The Hall–Kier alpha value is -2.15. The van der Waals surface area contributed by atoms with Gasteiger partial charge >= 0.3 is 5.97 Å². The van der Waals surface area contributed by atoms with Crippen LogP contribution in [-0.4, -0.2) is 49.5 Å². The fourth-order valence-electron chi connectivity index (χ4n) is 2.29. The number of benzene rings is 1. The predicted molar refractivity (Wildman–Crippen MR) is 87.7 cm³/mol. The van der Waals surface area contributed by atoms with E-state index in [1.54, 1.807) is 0 Å².